The molecule has 4 rings (SSSR count). The van der Waals surface area contributed by atoms with E-state index in [0.29, 0.717) is 37.6 Å². The van der Waals surface area contributed by atoms with Crippen LogP contribution >= 0.6 is 23.2 Å². The Morgan fingerprint density at radius 3 is 2.45 bits per heavy atom. The van der Waals surface area contributed by atoms with E-state index >= 15 is 0 Å². The molecule has 33 heavy (non-hydrogen) atoms. The molecule has 1 N–H and O–H groups in total. The lowest BCUT2D eigenvalue weighted by atomic mass is 9.94. The second-order valence-electron chi connectivity index (χ2n) is 7.17. The van der Waals surface area contributed by atoms with Gasteiger partial charge in [0.15, 0.2) is 0 Å². The zero-order chi connectivity index (χ0) is 23.5. The van der Waals surface area contributed by atoms with E-state index < -0.39 is 10.9 Å². The van der Waals surface area contributed by atoms with Crippen molar-refractivity contribution in [1.82, 2.24) is 4.98 Å². The molecule has 4 aromatic rings. The summed E-state index contributed by atoms with van der Waals surface area (Å²) in [5, 5.41) is 12.4. The van der Waals surface area contributed by atoms with Crippen LogP contribution in [0.15, 0.2) is 71.5 Å². The van der Waals surface area contributed by atoms with Gasteiger partial charge in [-0.3, -0.25) is 14.9 Å². The van der Waals surface area contributed by atoms with Crippen LogP contribution in [0.1, 0.15) is 15.9 Å². The number of nitrogens with zero attached hydrogens (tertiary/aromatic N) is 1. The van der Waals surface area contributed by atoms with Gasteiger partial charge in [-0.15, -0.1) is 0 Å². The van der Waals surface area contributed by atoms with Crippen LogP contribution in [-0.4, -0.2) is 22.5 Å². The zero-order valence-corrected chi connectivity index (χ0v) is 18.5. The average Bonchev–Trinajstić information content (AvgIpc) is 2.80. The number of carbonyl (C=O) groups is 1. The van der Waals surface area contributed by atoms with Crippen molar-refractivity contribution in [1.29, 1.82) is 0 Å². The summed E-state index contributed by atoms with van der Waals surface area (Å²) >= 11 is 12.7. The number of aromatic amines is 1. The first-order chi connectivity index (χ1) is 15.8. The first-order valence-corrected chi connectivity index (χ1v) is 10.6. The molecule has 0 fully saturated rings. The summed E-state index contributed by atoms with van der Waals surface area (Å²) in [6, 6.07) is 17.4. The molecule has 3 aromatic carbocycles. The van der Waals surface area contributed by atoms with Crippen molar-refractivity contribution in [3.63, 3.8) is 0 Å². The van der Waals surface area contributed by atoms with Crippen LogP contribution in [0.5, 0.6) is 0 Å². The van der Waals surface area contributed by atoms with Gasteiger partial charge >= 0.3 is 5.97 Å². The third-order valence-corrected chi connectivity index (χ3v) is 5.68. The number of hydrogen-bond donors (Lipinski definition) is 1. The average molecular weight is 483 g/mol. The Bertz CT molecular complexity index is 1430. The molecule has 9 heteroatoms. The van der Waals surface area contributed by atoms with Crippen molar-refractivity contribution in [2.75, 3.05) is 6.61 Å². The summed E-state index contributed by atoms with van der Waals surface area (Å²) in [4.78, 5) is 38.3. The standard InChI is InChI=1S/C24H16Cl2N2O5/c25-15-7-10-21-19(13-15)22(17-3-1-2-4-20(17)26)18(23(29)27-21)11-12-33-24(30)14-5-8-16(9-6-14)28(31)32/h1-10,13H,11-12H2,(H,27,29). The summed E-state index contributed by atoms with van der Waals surface area (Å²) < 4.78 is 5.32. The highest BCUT2D eigenvalue weighted by Gasteiger charge is 2.18. The van der Waals surface area contributed by atoms with Gasteiger partial charge in [-0.2, -0.15) is 0 Å². The summed E-state index contributed by atoms with van der Waals surface area (Å²) in [7, 11) is 0. The molecule has 0 aliphatic heterocycles. The maximum Gasteiger partial charge on any atom is 0.338 e. The van der Waals surface area contributed by atoms with E-state index in [2.05, 4.69) is 4.98 Å². The summed E-state index contributed by atoms with van der Waals surface area (Å²) in [6.07, 6.45) is 0.122. The van der Waals surface area contributed by atoms with E-state index in [0.717, 1.165) is 0 Å². The number of pyridine rings is 1. The van der Waals surface area contributed by atoms with Crippen LogP contribution in [0.2, 0.25) is 10.0 Å². The molecule has 0 atom stereocenters. The smallest absolute Gasteiger partial charge is 0.338 e. The second kappa shape index (κ2) is 9.44. The number of esters is 1. The highest BCUT2D eigenvalue weighted by molar-refractivity contribution is 6.34. The van der Waals surface area contributed by atoms with Crippen LogP contribution in [0.4, 0.5) is 5.69 Å². The Balaban J connectivity index is 1.66. The molecule has 0 aliphatic carbocycles. The Morgan fingerprint density at radius 1 is 1.03 bits per heavy atom. The van der Waals surface area contributed by atoms with E-state index in [-0.39, 0.29) is 29.8 Å². The molecule has 0 bridgehead atoms. The predicted molar refractivity (Wildman–Crippen MR) is 127 cm³/mol. The first kappa shape index (κ1) is 22.5. The van der Waals surface area contributed by atoms with Gasteiger partial charge < -0.3 is 9.72 Å². The Kier molecular flexibility index (Phi) is 6.44. The number of benzene rings is 3. The maximum absolute atomic E-state index is 12.9. The molecule has 0 aliphatic rings. The number of non-ortho nitro benzene ring substituents is 1. The third kappa shape index (κ3) is 4.74. The Hall–Kier alpha value is -3.68. The quantitative estimate of drug-likeness (QED) is 0.212. The summed E-state index contributed by atoms with van der Waals surface area (Å²) in [5.41, 5.74) is 2.00. The minimum Gasteiger partial charge on any atom is -0.462 e. The fourth-order valence-corrected chi connectivity index (χ4v) is 3.97. The number of fused-ring (bicyclic) bond motifs is 1. The highest BCUT2D eigenvalue weighted by Crippen LogP contribution is 2.35. The van der Waals surface area contributed by atoms with Crippen LogP contribution in [0.3, 0.4) is 0 Å². The fourth-order valence-electron chi connectivity index (χ4n) is 3.56. The molecule has 0 amide bonds. The molecule has 1 aromatic heterocycles. The van der Waals surface area contributed by atoms with Gasteiger partial charge in [0.1, 0.15) is 0 Å². The molecular formula is C24H16Cl2N2O5. The largest absolute Gasteiger partial charge is 0.462 e. The number of nitro groups is 1. The number of aromatic nitrogens is 1. The van der Waals surface area contributed by atoms with Gasteiger partial charge in [0.05, 0.1) is 17.1 Å². The van der Waals surface area contributed by atoms with Crippen molar-refractivity contribution < 1.29 is 14.5 Å². The maximum atomic E-state index is 12.9. The van der Waals surface area contributed by atoms with Crippen molar-refractivity contribution >= 4 is 45.8 Å². The molecule has 0 unspecified atom stereocenters. The summed E-state index contributed by atoms with van der Waals surface area (Å²) in [6.45, 7) is -0.0809. The number of hydrogen-bond acceptors (Lipinski definition) is 5. The predicted octanol–water partition coefficient (Wildman–Crippen LogP) is 5.81. The van der Waals surface area contributed by atoms with E-state index in [4.69, 9.17) is 27.9 Å². The lowest BCUT2D eigenvalue weighted by molar-refractivity contribution is -0.384. The zero-order valence-electron chi connectivity index (χ0n) is 17.0. The van der Waals surface area contributed by atoms with Gasteiger partial charge in [0, 0.05) is 56.2 Å². The number of nitrogens with one attached hydrogen (secondary N) is 1. The SMILES string of the molecule is O=C(OCCc1c(-c2ccccc2Cl)c2cc(Cl)ccc2[nH]c1=O)c1ccc([N+](=O)[O-])cc1. The van der Waals surface area contributed by atoms with Crippen molar-refractivity contribution in [2.45, 2.75) is 6.42 Å². The minimum atomic E-state index is -0.649. The number of nitro benzene ring substituents is 1. The third-order valence-electron chi connectivity index (χ3n) is 5.12. The topological polar surface area (TPSA) is 102 Å². The number of carbonyl (C=O) groups excluding carboxylic acids is 1. The van der Waals surface area contributed by atoms with Crippen LogP contribution < -0.4 is 5.56 Å². The van der Waals surface area contributed by atoms with E-state index in [1.54, 1.807) is 30.3 Å². The number of halogens is 2. The summed E-state index contributed by atoms with van der Waals surface area (Å²) in [5.74, 6) is -0.649. The van der Waals surface area contributed by atoms with Crippen molar-refractivity contribution in [3.8, 4) is 11.1 Å². The molecule has 1 heterocycles. The van der Waals surface area contributed by atoms with Crippen LogP contribution in [-0.2, 0) is 11.2 Å². The highest BCUT2D eigenvalue weighted by atomic mass is 35.5. The lowest BCUT2D eigenvalue weighted by Gasteiger charge is -2.15. The molecule has 166 valence electrons. The lowest BCUT2D eigenvalue weighted by Crippen LogP contribution is -2.18. The number of H-pyrrole nitrogens is 1. The van der Waals surface area contributed by atoms with Gasteiger partial charge in [0.2, 0.25) is 0 Å². The molecule has 0 radical (unpaired) electrons. The Morgan fingerprint density at radius 2 is 1.76 bits per heavy atom. The van der Waals surface area contributed by atoms with E-state index in [1.807, 2.05) is 12.1 Å². The Labute approximate surface area is 197 Å². The van der Waals surface area contributed by atoms with Crippen molar-refractivity contribution in [3.05, 3.63) is 108 Å². The molecule has 0 saturated carbocycles. The first-order valence-electron chi connectivity index (χ1n) is 9.86. The molecule has 7 nitrogen and oxygen atoms in total. The van der Waals surface area contributed by atoms with Crippen LogP contribution in [0, 0.1) is 10.1 Å². The monoisotopic (exact) mass is 482 g/mol. The van der Waals surface area contributed by atoms with Crippen molar-refractivity contribution in [2.24, 2.45) is 0 Å². The van der Waals surface area contributed by atoms with E-state index in [9.17, 15) is 19.7 Å². The van der Waals surface area contributed by atoms with E-state index in [1.165, 1.54) is 24.3 Å². The van der Waals surface area contributed by atoms with Gasteiger partial charge in [-0.25, -0.2) is 4.79 Å². The molecule has 0 saturated heterocycles. The minimum absolute atomic E-state index is 0.0809. The second-order valence-corrected chi connectivity index (χ2v) is 8.01. The normalized spacial score (nSPS) is 10.8. The molecular weight excluding hydrogens is 467 g/mol. The fraction of sp³-hybridized carbons (Fsp3) is 0.0833. The number of rotatable bonds is 6. The van der Waals surface area contributed by atoms with Gasteiger partial charge in [0.25, 0.3) is 11.2 Å². The van der Waals surface area contributed by atoms with Gasteiger partial charge in [-0.05, 0) is 36.4 Å². The number of ether oxygens (including phenoxy) is 1. The van der Waals surface area contributed by atoms with Crippen LogP contribution in [0.25, 0.3) is 22.0 Å². The van der Waals surface area contributed by atoms with Gasteiger partial charge in [-0.1, -0.05) is 41.4 Å². The molecule has 0 spiro atoms.